The van der Waals surface area contributed by atoms with Crippen LogP contribution in [-0.2, 0) is 24.4 Å². The third kappa shape index (κ3) is 4.55. The molecule has 5 aromatic rings. The van der Waals surface area contributed by atoms with Gasteiger partial charge < -0.3 is 14.5 Å². The van der Waals surface area contributed by atoms with Gasteiger partial charge in [-0.2, -0.15) is 0 Å². The molecule has 206 valence electrons. The maximum absolute atomic E-state index is 13.4. The largest absolute Gasteiger partial charge is 0.337 e. The van der Waals surface area contributed by atoms with E-state index in [2.05, 4.69) is 5.32 Å². The van der Waals surface area contributed by atoms with Crippen LogP contribution in [0.2, 0.25) is 0 Å². The zero-order chi connectivity index (χ0) is 28.7. The van der Waals surface area contributed by atoms with Crippen molar-refractivity contribution in [3.8, 4) is 0 Å². The van der Waals surface area contributed by atoms with Gasteiger partial charge in [0, 0.05) is 40.6 Å². The van der Waals surface area contributed by atoms with Crippen LogP contribution in [0, 0.1) is 0 Å². The lowest BCUT2D eigenvalue weighted by Crippen LogP contribution is -2.37. The van der Waals surface area contributed by atoms with Crippen LogP contribution in [0.25, 0.3) is 21.8 Å². The van der Waals surface area contributed by atoms with E-state index in [4.69, 9.17) is 0 Å². The number of amides is 5. The summed E-state index contributed by atoms with van der Waals surface area (Å²) in [5, 5.41) is 4.82. The van der Waals surface area contributed by atoms with Crippen molar-refractivity contribution in [3.05, 3.63) is 102 Å². The SMILES string of the molecule is CCn1c(C(=O)Nc2cccc(CN3C(=O)CN(C(=O)c4cc5ccccc5n4CC)C3=O)c2)cc2ccccc21. The maximum atomic E-state index is 13.4. The number of carbonyl (C=O) groups is 4. The number of benzene rings is 3. The highest BCUT2D eigenvalue weighted by Gasteiger charge is 2.41. The second kappa shape index (κ2) is 10.4. The van der Waals surface area contributed by atoms with Crippen LogP contribution in [0.5, 0.6) is 0 Å². The minimum Gasteiger partial charge on any atom is -0.337 e. The number of aromatic nitrogens is 2. The summed E-state index contributed by atoms with van der Waals surface area (Å²) in [6.45, 7) is 4.78. The van der Waals surface area contributed by atoms with E-state index in [1.54, 1.807) is 30.3 Å². The first-order chi connectivity index (χ1) is 19.9. The zero-order valence-electron chi connectivity index (χ0n) is 22.8. The summed E-state index contributed by atoms with van der Waals surface area (Å²) in [5.41, 5.74) is 3.98. The number of rotatable bonds is 7. The highest BCUT2D eigenvalue weighted by Crippen LogP contribution is 2.25. The molecular weight excluding hydrogens is 518 g/mol. The lowest BCUT2D eigenvalue weighted by atomic mass is 10.2. The monoisotopic (exact) mass is 547 g/mol. The zero-order valence-corrected chi connectivity index (χ0v) is 22.8. The number of nitrogens with one attached hydrogen (secondary N) is 1. The molecule has 41 heavy (non-hydrogen) atoms. The molecule has 0 unspecified atom stereocenters. The number of hydrogen-bond donors (Lipinski definition) is 1. The van der Waals surface area contributed by atoms with E-state index in [-0.39, 0.29) is 19.0 Å². The van der Waals surface area contributed by atoms with Crippen LogP contribution in [-0.4, -0.2) is 49.2 Å². The van der Waals surface area contributed by atoms with Crippen molar-refractivity contribution in [3.63, 3.8) is 0 Å². The third-order valence-corrected chi connectivity index (χ3v) is 7.53. The topological polar surface area (TPSA) is 96.7 Å². The summed E-state index contributed by atoms with van der Waals surface area (Å²) < 4.78 is 3.81. The van der Waals surface area contributed by atoms with Crippen molar-refractivity contribution in [1.82, 2.24) is 18.9 Å². The van der Waals surface area contributed by atoms with E-state index >= 15 is 0 Å². The van der Waals surface area contributed by atoms with Crippen LogP contribution >= 0.6 is 0 Å². The minimum absolute atomic E-state index is 0.0167. The normalized spacial score (nSPS) is 13.5. The Balaban J connectivity index is 1.19. The van der Waals surface area contributed by atoms with Crippen molar-refractivity contribution < 1.29 is 19.2 Å². The molecule has 6 rings (SSSR count). The molecule has 0 radical (unpaired) electrons. The van der Waals surface area contributed by atoms with E-state index in [0.717, 1.165) is 31.6 Å². The van der Waals surface area contributed by atoms with Crippen molar-refractivity contribution in [2.45, 2.75) is 33.5 Å². The van der Waals surface area contributed by atoms with Gasteiger partial charge in [-0.25, -0.2) is 9.69 Å². The summed E-state index contributed by atoms with van der Waals surface area (Å²) in [6.07, 6.45) is 0. The quantitative estimate of drug-likeness (QED) is 0.273. The average molecular weight is 548 g/mol. The number of anilines is 1. The Morgan fingerprint density at radius 3 is 2.02 bits per heavy atom. The fourth-order valence-electron chi connectivity index (χ4n) is 5.59. The highest BCUT2D eigenvalue weighted by atomic mass is 16.2. The molecule has 0 spiro atoms. The van der Waals surface area contributed by atoms with E-state index in [1.807, 2.05) is 77.6 Å². The number of nitrogens with zero attached hydrogens (tertiary/aromatic N) is 4. The molecule has 0 saturated carbocycles. The van der Waals surface area contributed by atoms with Gasteiger partial charge in [0.25, 0.3) is 17.7 Å². The maximum Gasteiger partial charge on any atom is 0.334 e. The van der Waals surface area contributed by atoms with Gasteiger partial charge in [-0.15, -0.1) is 0 Å². The van der Waals surface area contributed by atoms with Crippen molar-refractivity contribution in [1.29, 1.82) is 0 Å². The van der Waals surface area contributed by atoms with Crippen molar-refractivity contribution in [2.24, 2.45) is 0 Å². The molecule has 1 fully saturated rings. The standard InChI is InChI=1S/C32H29N5O4/c1-3-34-25-14-7-5-11-22(25)17-27(34)30(39)33-24-13-9-10-21(16-24)19-36-29(38)20-37(32(36)41)31(40)28-18-23-12-6-8-15-26(23)35(28)4-2/h5-18H,3-4,19-20H2,1-2H3,(H,33,39). The van der Waals surface area contributed by atoms with Crippen LogP contribution < -0.4 is 5.32 Å². The summed E-state index contributed by atoms with van der Waals surface area (Å²) in [7, 11) is 0. The predicted octanol–water partition coefficient (Wildman–Crippen LogP) is 5.49. The molecule has 0 atom stereocenters. The smallest absolute Gasteiger partial charge is 0.334 e. The predicted molar refractivity (Wildman–Crippen MR) is 157 cm³/mol. The molecule has 2 aromatic heterocycles. The van der Waals surface area contributed by atoms with Gasteiger partial charge in [0.15, 0.2) is 0 Å². The molecule has 3 aromatic carbocycles. The number of urea groups is 1. The molecule has 3 heterocycles. The molecule has 1 aliphatic rings. The van der Waals surface area contributed by atoms with Gasteiger partial charge in [-0.3, -0.25) is 19.3 Å². The van der Waals surface area contributed by atoms with Gasteiger partial charge >= 0.3 is 6.03 Å². The molecule has 1 N–H and O–H groups in total. The number of hydrogen-bond acceptors (Lipinski definition) is 4. The number of carbonyl (C=O) groups excluding carboxylic acids is 4. The van der Waals surface area contributed by atoms with Crippen LogP contribution in [0.3, 0.4) is 0 Å². The summed E-state index contributed by atoms with van der Waals surface area (Å²) in [4.78, 5) is 54.9. The number of imide groups is 2. The molecule has 0 bridgehead atoms. The second-order valence-corrected chi connectivity index (χ2v) is 9.97. The van der Waals surface area contributed by atoms with Gasteiger partial charge in [0.05, 0.1) is 6.54 Å². The summed E-state index contributed by atoms with van der Waals surface area (Å²) in [5.74, 6) is -1.21. The Bertz CT molecular complexity index is 1850. The first-order valence-corrected chi connectivity index (χ1v) is 13.6. The van der Waals surface area contributed by atoms with E-state index in [1.165, 1.54) is 0 Å². The molecule has 5 amide bonds. The Morgan fingerprint density at radius 2 is 1.37 bits per heavy atom. The number of para-hydroxylation sites is 2. The van der Waals surface area contributed by atoms with E-state index < -0.39 is 17.8 Å². The fourth-order valence-corrected chi connectivity index (χ4v) is 5.59. The Labute approximate surface area is 236 Å². The van der Waals surface area contributed by atoms with Gasteiger partial charge in [0.1, 0.15) is 17.9 Å². The molecular formula is C32H29N5O4. The van der Waals surface area contributed by atoms with Gasteiger partial charge in [-0.05, 0) is 55.8 Å². The van der Waals surface area contributed by atoms with E-state index in [0.29, 0.717) is 35.7 Å². The summed E-state index contributed by atoms with van der Waals surface area (Å²) in [6, 6.07) is 25.4. The molecule has 0 aliphatic carbocycles. The molecule has 9 heteroatoms. The van der Waals surface area contributed by atoms with Crippen LogP contribution in [0.15, 0.2) is 84.9 Å². The van der Waals surface area contributed by atoms with Crippen LogP contribution in [0.1, 0.15) is 40.4 Å². The Morgan fingerprint density at radius 1 is 0.756 bits per heavy atom. The summed E-state index contributed by atoms with van der Waals surface area (Å²) >= 11 is 0. The average Bonchev–Trinajstić information content (AvgIpc) is 3.64. The second-order valence-electron chi connectivity index (χ2n) is 9.97. The van der Waals surface area contributed by atoms with Crippen molar-refractivity contribution in [2.75, 3.05) is 11.9 Å². The lowest BCUT2D eigenvalue weighted by molar-refractivity contribution is -0.125. The molecule has 9 nitrogen and oxygen atoms in total. The first kappa shape index (κ1) is 26.1. The molecule has 1 aliphatic heterocycles. The first-order valence-electron chi connectivity index (χ1n) is 13.6. The van der Waals surface area contributed by atoms with E-state index in [9.17, 15) is 19.2 Å². The molecule has 1 saturated heterocycles. The highest BCUT2D eigenvalue weighted by molar-refractivity contribution is 6.14. The van der Waals surface area contributed by atoms with Crippen LogP contribution in [0.4, 0.5) is 10.5 Å². The fraction of sp³-hybridized carbons (Fsp3) is 0.188. The Kier molecular flexibility index (Phi) is 6.62. The third-order valence-electron chi connectivity index (χ3n) is 7.53. The number of aryl methyl sites for hydroxylation is 2. The van der Waals surface area contributed by atoms with Gasteiger partial charge in [0.2, 0.25) is 0 Å². The lowest BCUT2D eigenvalue weighted by Gasteiger charge is -2.17. The Hall–Kier alpha value is -5.18. The number of fused-ring (bicyclic) bond motifs is 2. The minimum atomic E-state index is -0.658. The van der Waals surface area contributed by atoms with Crippen molar-refractivity contribution >= 4 is 51.2 Å². The van der Waals surface area contributed by atoms with Gasteiger partial charge in [-0.1, -0.05) is 48.5 Å².